The van der Waals surface area contributed by atoms with Crippen LogP contribution in [0.15, 0.2) is 36.5 Å². The molecule has 52 heavy (non-hydrogen) atoms. The Labute approximate surface area is 322 Å². The van der Waals surface area contributed by atoms with E-state index < -0.39 is 36.9 Å². The van der Waals surface area contributed by atoms with E-state index in [0.717, 1.165) is 57.8 Å². The molecule has 0 aliphatic heterocycles. The second kappa shape index (κ2) is 40.7. The molecule has 0 aromatic heterocycles. The molecule has 0 aliphatic carbocycles. The maximum absolute atomic E-state index is 12.5. The summed E-state index contributed by atoms with van der Waals surface area (Å²) in [6.45, 7) is 4.01. The van der Waals surface area contributed by atoms with E-state index >= 15 is 0 Å². The van der Waals surface area contributed by atoms with Crippen LogP contribution in [0.2, 0.25) is 0 Å². The maximum atomic E-state index is 12.5. The van der Waals surface area contributed by atoms with Crippen molar-refractivity contribution in [3.05, 3.63) is 36.5 Å². The number of carbonyl (C=O) groups is 1. The first kappa shape index (κ1) is 50.5. The van der Waals surface area contributed by atoms with Gasteiger partial charge in [0.15, 0.2) is 0 Å². The fourth-order valence-corrected chi connectivity index (χ4v) is 6.73. The number of hydrogen-bond donors (Lipinski definition) is 5. The van der Waals surface area contributed by atoms with E-state index in [2.05, 4.69) is 55.6 Å². The van der Waals surface area contributed by atoms with E-state index in [0.29, 0.717) is 12.8 Å². The van der Waals surface area contributed by atoms with Gasteiger partial charge in [0, 0.05) is 0 Å². The van der Waals surface area contributed by atoms with E-state index in [9.17, 15) is 25.2 Å². The number of rotatable bonds is 40. The summed E-state index contributed by atoms with van der Waals surface area (Å²) in [4.78, 5) is 12.5. The third-order valence-electron chi connectivity index (χ3n) is 10.3. The van der Waals surface area contributed by atoms with Crippen LogP contribution in [0, 0.1) is 0 Å². The van der Waals surface area contributed by atoms with Crippen LogP contribution >= 0.6 is 0 Å². The number of hydrogen-bond acceptors (Lipinski definition) is 5. The molecule has 4 unspecified atom stereocenters. The van der Waals surface area contributed by atoms with Gasteiger partial charge in [0.25, 0.3) is 0 Å². The van der Waals surface area contributed by atoms with Crippen LogP contribution in [0.5, 0.6) is 0 Å². The number of aliphatic hydroxyl groups is 4. The lowest BCUT2D eigenvalue weighted by molar-refractivity contribution is -0.132. The molecule has 0 heterocycles. The number of allylic oxidation sites excluding steroid dienone is 6. The standard InChI is InChI=1S/C46H87NO5/c1-3-5-7-9-11-13-15-17-19-21-22-23-24-26-27-29-31-33-35-37-39-43(49)45(51)42(41-48)47-46(52)44(50)40-38-36-34-32-30-28-25-20-18-16-14-12-10-8-6-4-2/h12,14,18,20,31,33,42-45,48-51H,3-11,13,15-17,19,21-30,32,34-41H2,1-2H3,(H,47,52)/b14-12-,20-18-,33-31+. The van der Waals surface area contributed by atoms with Gasteiger partial charge in [0.05, 0.1) is 18.8 Å². The van der Waals surface area contributed by atoms with Crippen LogP contribution < -0.4 is 5.32 Å². The second-order valence-corrected chi connectivity index (χ2v) is 15.4. The van der Waals surface area contributed by atoms with E-state index in [1.807, 2.05) is 0 Å². The van der Waals surface area contributed by atoms with Gasteiger partial charge in [-0.15, -0.1) is 0 Å². The molecule has 6 nitrogen and oxygen atoms in total. The van der Waals surface area contributed by atoms with Crippen molar-refractivity contribution < 1.29 is 25.2 Å². The predicted molar refractivity (Wildman–Crippen MR) is 224 cm³/mol. The second-order valence-electron chi connectivity index (χ2n) is 15.4. The smallest absolute Gasteiger partial charge is 0.249 e. The highest BCUT2D eigenvalue weighted by Crippen LogP contribution is 2.15. The minimum Gasteiger partial charge on any atom is -0.394 e. The Balaban J connectivity index is 3.79. The van der Waals surface area contributed by atoms with Crippen molar-refractivity contribution >= 4 is 5.91 Å². The molecule has 0 rings (SSSR count). The van der Waals surface area contributed by atoms with Crippen molar-refractivity contribution in [1.82, 2.24) is 5.32 Å². The van der Waals surface area contributed by atoms with Crippen molar-refractivity contribution in [2.75, 3.05) is 6.61 Å². The van der Waals surface area contributed by atoms with Gasteiger partial charge in [-0.2, -0.15) is 0 Å². The summed E-state index contributed by atoms with van der Waals surface area (Å²) >= 11 is 0. The average Bonchev–Trinajstić information content (AvgIpc) is 3.15. The summed E-state index contributed by atoms with van der Waals surface area (Å²) in [5.41, 5.74) is 0. The van der Waals surface area contributed by atoms with Crippen LogP contribution in [-0.4, -0.2) is 57.3 Å². The normalized spacial score (nSPS) is 14.5. The first-order valence-electron chi connectivity index (χ1n) is 22.4. The summed E-state index contributed by atoms with van der Waals surface area (Å²) in [5, 5.41) is 43.7. The number of carbonyl (C=O) groups excluding carboxylic acids is 1. The Bertz CT molecular complexity index is 828. The van der Waals surface area contributed by atoms with Crippen molar-refractivity contribution in [3.63, 3.8) is 0 Å². The van der Waals surface area contributed by atoms with Gasteiger partial charge in [0.1, 0.15) is 12.2 Å². The predicted octanol–water partition coefficient (Wildman–Crippen LogP) is 11.7. The number of unbranched alkanes of at least 4 members (excludes halogenated alkanes) is 25. The summed E-state index contributed by atoms with van der Waals surface area (Å²) < 4.78 is 0. The summed E-state index contributed by atoms with van der Waals surface area (Å²) in [6.07, 6.45) is 47.4. The zero-order chi connectivity index (χ0) is 38.2. The fraction of sp³-hybridized carbons (Fsp3) is 0.848. The van der Waals surface area contributed by atoms with Crippen LogP contribution in [0.4, 0.5) is 0 Å². The van der Waals surface area contributed by atoms with Crippen LogP contribution in [-0.2, 0) is 4.79 Å². The quantitative estimate of drug-likeness (QED) is 0.0318. The average molecular weight is 734 g/mol. The third-order valence-corrected chi connectivity index (χ3v) is 10.3. The van der Waals surface area contributed by atoms with Crippen LogP contribution in [0.1, 0.15) is 219 Å². The van der Waals surface area contributed by atoms with Crippen molar-refractivity contribution in [1.29, 1.82) is 0 Å². The van der Waals surface area contributed by atoms with Gasteiger partial charge in [0.2, 0.25) is 5.91 Å². The lowest BCUT2D eigenvalue weighted by Gasteiger charge is -2.27. The molecule has 0 fully saturated rings. The molecule has 5 N–H and O–H groups in total. The molecule has 0 bridgehead atoms. The molecule has 0 saturated carbocycles. The number of amides is 1. The maximum Gasteiger partial charge on any atom is 0.249 e. The molecule has 0 aromatic rings. The van der Waals surface area contributed by atoms with Crippen molar-refractivity contribution in [2.45, 2.75) is 244 Å². The molecular weight excluding hydrogens is 647 g/mol. The SMILES string of the molecule is CCCCC/C=C\C/C=C\CCCCCCCCC(O)C(=O)NC(CO)C(O)C(O)CCC/C=C/CCCCCCCCCCCCCCCCC. The van der Waals surface area contributed by atoms with Crippen molar-refractivity contribution in [3.8, 4) is 0 Å². The Hall–Kier alpha value is -1.47. The Kier molecular flexibility index (Phi) is 39.6. The van der Waals surface area contributed by atoms with Crippen LogP contribution in [0.25, 0.3) is 0 Å². The zero-order valence-electron chi connectivity index (χ0n) is 34.3. The number of nitrogens with one attached hydrogen (secondary N) is 1. The monoisotopic (exact) mass is 734 g/mol. The Morgan fingerprint density at radius 3 is 1.31 bits per heavy atom. The topological polar surface area (TPSA) is 110 Å². The summed E-state index contributed by atoms with van der Waals surface area (Å²) in [5.74, 6) is -0.602. The lowest BCUT2D eigenvalue weighted by atomic mass is 10.00. The van der Waals surface area contributed by atoms with E-state index in [-0.39, 0.29) is 0 Å². The summed E-state index contributed by atoms with van der Waals surface area (Å²) in [6, 6.07) is -1.01. The zero-order valence-corrected chi connectivity index (χ0v) is 34.3. The summed E-state index contributed by atoms with van der Waals surface area (Å²) in [7, 11) is 0. The van der Waals surface area contributed by atoms with Gasteiger partial charge in [-0.25, -0.2) is 0 Å². The highest BCUT2D eigenvalue weighted by Gasteiger charge is 2.28. The minimum absolute atomic E-state index is 0.350. The van der Waals surface area contributed by atoms with Gasteiger partial charge in [-0.3, -0.25) is 4.79 Å². The van der Waals surface area contributed by atoms with Gasteiger partial charge in [-0.1, -0.05) is 185 Å². The van der Waals surface area contributed by atoms with E-state index in [1.54, 1.807) is 0 Å². The van der Waals surface area contributed by atoms with E-state index in [4.69, 9.17) is 0 Å². The minimum atomic E-state index is -1.28. The molecule has 6 heteroatoms. The molecule has 0 spiro atoms. The highest BCUT2D eigenvalue weighted by atomic mass is 16.3. The number of aliphatic hydroxyl groups excluding tert-OH is 4. The highest BCUT2D eigenvalue weighted by molar-refractivity contribution is 5.80. The molecule has 1 amide bonds. The molecule has 0 saturated heterocycles. The molecule has 306 valence electrons. The third kappa shape index (κ3) is 34.3. The molecule has 0 aromatic carbocycles. The molecule has 0 aliphatic rings. The Morgan fingerprint density at radius 1 is 0.481 bits per heavy atom. The van der Waals surface area contributed by atoms with Crippen LogP contribution in [0.3, 0.4) is 0 Å². The molecule has 0 radical (unpaired) electrons. The lowest BCUT2D eigenvalue weighted by Crippen LogP contribution is -2.53. The van der Waals surface area contributed by atoms with E-state index in [1.165, 1.54) is 135 Å². The fourth-order valence-electron chi connectivity index (χ4n) is 6.73. The van der Waals surface area contributed by atoms with Gasteiger partial charge in [-0.05, 0) is 70.6 Å². The Morgan fingerprint density at radius 2 is 0.846 bits per heavy atom. The van der Waals surface area contributed by atoms with Gasteiger partial charge >= 0.3 is 0 Å². The van der Waals surface area contributed by atoms with Gasteiger partial charge < -0.3 is 25.7 Å². The first-order chi connectivity index (χ1) is 25.5. The van der Waals surface area contributed by atoms with Crippen molar-refractivity contribution in [2.24, 2.45) is 0 Å². The first-order valence-corrected chi connectivity index (χ1v) is 22.4. The molecular formula is C46H87NO5. The largest absolute Gasteiger partial charge is 0.394 e. The molecule has 4 atom stereocenters.